The van der Waals surface area contributed by atoms with Gasteiger partial charge in [0.25, 0.3) is 5.91 Å². The fraction of sp³-hybridized carbons (Fsp3) is 0.500. The van der Waals surface area contributed by atoms with Crippen molar-refractivity contribution in [3.8, 4) is 0 Å². The standard InChI is InChI=1S/C16H17Cl2NO3/c1-14(2)15(3)6-7-16(14,22-13(15)21)12(20)19-11-8-9(17)4-5-10(11)18/h4-5,8H,6-7H2,1-3H3,(H,19,20)/t15-,16-/m0/s1. The molecule has 1 aromatic carbocycles. The van der Waals surface area contributed by atoms with Crippen molar-refractivity contribution < 1.29 is 14.3 Å². The van der Waals surface area contributed by atoms with E-state index in [0.717, 1.165) is 0 Å². The van der Waals surface area contributed by atoms with Crippen molar-refractivity contribution in [2.24, 2.45) is 10.8 Å². The van der Waals surface area contributed by atoms with E-state index in [1.165, 1.54) is 0 Å². The van der Waals surface area contributed by atoms with Crippen molar-refractivity contribution >= 4 is 40.8 Å². The molecule has 1 heterocycles. The molecular formula is C16H17Cl2NO3. The Bertz CT molecular complexity index is 688. The number of amides is 1. The molecule has 0 radical (unpaired) electrons. The molecule has 0 unspecified atom stereocenters. The SMILES string of the molecule is CC1(C)[C@@]2(C)CC[C@@]1(C(=O)Nc1cc(Cl)ccc1Cl)OC2=O. The molecule has 6 heteroatoms. The van der Waals surface area contributed by atoms with E-state index in [1.54, 1.807) is 18.2 Å². The lowest BCUT2D eigenvalue weighted by Crippen LogP contribution is -2.50. The first kappa shape index (κ1) is 15.6. The van der Waals surface area contributed by atoms with Gasteiger partial charge < -0.3 is 10.1 Å². The second kappa shape index (κ2) is 4.62. The maximum Gasteiger partial charge on any atom is 0.313 e. The number of carbonyl (C=O) groups is 2. The van der Waals surface area contributed by atoms with Crippen molar-refractivity contribution in [1.82, 2.24) is 0 Å². The number of nitrogens with one attached hydrogen (secondary N) is 1. The molecule has 0 spiro atoms. The smallest absolute Gasteiger partial charge is 0.313 e. The molecular weight excluding hydrogens is 325 g/mol. The summed E-state index contributed by atoms with van der Waals surface area (Å²) in [6.45, 7) is 5.68. The molecule has 3 rings (SSSR count). The fourth-order valence-electron chi connectivity index (χ4n) is 3.56. The Morgan fingerprint density at radius 1 is 1.23 bits per heavy atom. The van der Waals surface area contributed by atoms with Gasteiger partial charge in [0.2, 0.25) is 0 Å². The lowest BCUT2D eigenvalue weighted by Gasteiger charge is -2.35. The van der Waals surface area contributed by atoms with Crippen molar-refractivity contribution in [2.75, 3.05) is 5.32 Å². The zero-order chi connectivity index (χ0) is 16.3. The molecule has 1 saturated heterocycles. The number of halogens is 2. The summed E-state index contributed by atoms with van der Waals surface area (Å²) < 4.78 is 5.54. The van der Waals surface area contributed by atoms with Gasteiger partial charge in [0.15, 0.2) is 5.60 Å². The lowest BCUT2D eigenvalue weighted by atomic mass is 9.66. The van der Waals surface area contributed by atoms with Crippen LogP contribution in [0.25, 0.3) is 0 Å². The van der Waals surface area contributed by atoms with Gasteiger partial charge in [0.1, 0.15) is 0 Å². The van der Waals surface area contributed by atoms with Gasteiger partial charge in [-0.3, -0.25) is 9.59 Å². The number of hydrogen-bond donors (Lipinski definition) is 1. The average Bonchev–Trinajstić information content (AvgIpc) is 2.73. The molecule has 2 bridgehead atoms. The first-order valence-electron chi connectivity index (χ1n) is 7.14. The number of benzene rings is 1. The summed E-state index contributed by atoms with van der Waals surface area (Å²) in [6, 6.07) is 4.84. The van der Waals surface area contributed by atoms with Gasteiger partial charge in [0, 0.05) is 10.4 Å². The number of hydrogen-bond acceptors (Lipinski definition) is 3. The summed E-state index contributed by atoms with van der Waals surface area (Å²) in [5.74, 6) is -0.660. The Morgan fingerprint density at radius 3 is 2.45 bits per heavy atom. The maximum atomic E-state index is 12.9. The molecule has 1 aliphatic heterocycles. The molecule has 2 aliphatic rings. The van der Waals surface area contributed by atoms with Crippen LogP contribution in [0.5, 0.6) is 0 Å². The number of anilines is 1. The average molecular weight is 342 g/mol. The molecule has 2 fully saturated rings. The van der Waals surface area contributed by atoms with Crippen molar-refractivity contribution in [3.63, 3.8) is 0 Å². The van der Waals surface area contributed by atoms with Crippen LogP contribution in [0, 0.1) is 10.8 Å². The van der Waals surface area contributed by atoms with Crippen LogP contribution < -0.4 is 5.32 Å². The van der Waals surface area contributed by atoms with E-state index in [-0.39, 0.29) is 11.9 Å². The summed E-state index contributed by atoms with van der Waals surface area (Å²) in [7, 11) is 0. The molecule has 2 atom stereocenters. The van der Waals surface area contributed by atoms with E-state index in [0.29, 0.717) is 28.6 Å². The molecule has 22 heavy (non-hydrogen) atoms. The van der Waals surface area contributed by atoms with Gasteiger partial charge in [0.05, 0.1) is 16.1 Å². The Morgan fingerprint density at radius 2 is 1.91 bits per heavy atom. The van der Waals surface area contributed by atoms with Crippen molar-refractivity contribution in [3.05, 3.63) is 28.2 Å². The van der Waals surface area contributed by atoms with E-state index in [2.05, 4.69) is 5.32 Å². The van der Waals surface area contributed by atoms with Crippen LogP contribution >= 0.6 is 23.2 Å². The summed E-state index contributed by atoms with van der Waals surface area (Å²) in [5, 5.41) is 3.63. The lowest BCUT2D eigenvalue weighted by molar-refractivity contribution is -0.165. The monoisotopic (exact) mass is 341 g/mol. The van der Waals surface area contributed by atoms with Crippen LogP contribution in [0.3, 0.4) is 0 Å². The number of carbonyl (C=O) groups excluding carboxylic acids is 2. The molecule has 1 aliphatic carbocycles. The zero-order valence-corrected chi connectivity index (χ0v) is 14.1. The van der Waals surface area contributed by atoms with Crippen LogP contribution in [0.15, 0.2) is 18.2 Å². The minimum atomic E-state index is -1.16. The predicted octanol–water partition coefficient (Wildman–Crippen LogP) is 4.05. The van der Waals surface area contributed by atoms with Gasteiger partial charge in [-0.15, -0.1) is 0 Å². The Hall–Kier alpha value is -1.26. The quantitative estimate of drug-likeness (QED) is 0.825. The normalized spacial score (nSPS) is 32.0. The van der Waals surface area contributed by atoms with E-state index in [1.807, 2.05) is 20.8 Å². The second-order valence-corrected chi connectivity index (χ2v) is 7.60. The van der Waals surface area contributed by atoms with Crippen molar-refractivity contribution in [2.45, 2.75) is 39.2 Å². The van der Waals surface area contributed by atoms with E-state index < -0.39 is 16.4 Å². The summed E-state index contributed by atoms with van der Waals surface area (Å²) in [5.41, 5.74) is -1.97. The maximum absolute atomic E-state index is 12.9. The van der Waals surface area contributed by atoms with Gasteiger partial charge in [-0.2, -0.15) is 0 Å². The molecule has 0 aromatic heterocycles. The summed E-state index contributed by atoms with van der Waals surface area (Å²) in [6.07, 6.45) is 1.14. The predicted molar refractivity (Wildman–Crippen MR) is 85.0 cm³/mol. The zero-order valence-electron chi connectivity index (χ0n) is 12.6. The molecule has 1 N–H and O–H groups in total. The van der Waals surface area contributed by atoms with Gasteiger partial charge in [-0.05, 0) is 38.0 Å². The number of rotatable bonds is 2. The van der Waals surface area contributed by atoms with Crippen LogP contribution in [0.2, 0.25) is 10.0 Å². The summed E-state index contributed by atoms with van der Waals surface area (Å²) in [4.78, 5) is 25.1. The van der Waals surface area contributed by atoms with Crippen molar-refractivity contribution in [1.29, 1.82) is 0 Å². The first-order valence-corrected chi connectivity index (χ1v) is 7.90. The highest BCUT2D eigenvalue weighted by Gasteiger charge is 2.75. The highest BCUT2D eigenvalue weighted by atomic mass is 35.5. The summed E-state index contributed by atoms with van der Waals surface area (Å²) >= 11 is 12.0. The largest absolute Gasteiger partial charge is 0.448 e. The van der Waals surface area contributed by atoms with Crippen LogP contribution in [-0.2, 0) is 14.3 Å². The third-order valence-electron chi connectivity index (χ3n) is 5.63. The number of fused-ring (bicyclic) bond motifs is 2. The van der Waals surface area contributed by atoms with E-state index >= 15 is 0 Å². The topological polar surface area (TPSA) is 55.4 Å². The van der Waals surface area contributed by atoms with Gasteiger partial charge in [-0.25, -0.2) is 0 Å². The minimum absolute atomic E-state index is 0.309. The minimum Gasteiger partial charge on any atom is -0.448 e. The highest BCUT2D eigenvalue weighted by molar-refractivity contribution is 6.35. The molecule has 118 valence electrons. The van der Waals surface area contributed by atoms with E-state index in [9.17, 15) is 9.59 Å². The first-order chi connectivity index (χ1) is 10.1. The molecule has 1 amide bonds. The van der Waals surface area contributed by atoms with E-state index in [4.69, 9.17) is 27.9 Å². The van der Waals surface area contributed by atoms with Crippen LogP contribution in [-0.4, -0.2) is 17.5 Å². The van der Waals surface area contributed by atoms with Crippen LogP contribution in [0.1, 0.15) is 33.6 Å². The molecule has 1 saturated carbocycles. The second-order valence-electron chi connectivity index (χ2n) is 6.75. The molecule has 4 nitrogen and oxygen atoms in total. The van der Waals surface area contributed by atoms with Crippen LogP contribution in [0.4, 0.5) is 5.69 Å². The third kappa shape index (κ3) is 1.77. The number of esters is 1. The Labute approximate surface area is 139 Å². The third-order valence-corrected chi connectivity index (χ3v) is 6.19. The van der Waals surface area contributed by atoms with Gasteiger partial charge >= 0.3 is 5.97 Å². The highest BCUT2D eigenvalue weighted by Crippen LogP contribution is 2.65. The van der Waals surface area contributed by atoms with Gasteiger partial charge in [-0.1, -0.05) is 37.0 Å². The molecule has 1 aromatic rings. The fourth-order valence-corrected chi connectivity index (χ4v) is 3.90. The Kier molecular flexibility index (Phi) is 3.28. The number of ether oxygens (including phenoxy) is 1. The Balaban J connectivity index is 1.96.